The van der Waals surface area contributed by atoms with E-state index in [2.05, 4.69) is 5.32 Å². The molecule has 0 saturated heterocycles. The van der Waals surface area contributed by atoms with Crippen molar-refractivity contribution in [1.29, 1.82) is 0 Å². The molecule has 17 heavy (non-hydrogen) atoms. The Balaban J connectivity index is 2.11. The maximum Gasteiger partial charge on any atom is 0.308 e. The van der Waals surface area contributed by atoms with Crippen LogP contribution in [0.25, 0.3) is 0 Å². The maximum atomic E-state index is 10.7. The van der Waals surface area contributed by atoms with Crippen molar-refractivity contribution in [2.45, 2.75) is 12.5 Å². The van der Waals surface area contributed by atoms with Gasteiger partial charge in [-0.25, -0.2) is 0 Å². The van der Waals surface area contributed by atoms with Crippen LogP contribution >= 0.6 is 0 Å². The van der Waals surface area contributed by atoms with Crippen LogP contribution in [0.4, 0.5) is 5.69 Å². The van der Waals surface area contributed by atoms with Crippen molar-refractivity contribution in [3.8, 4) is 11.5 Å². The van der Waals surface area contributed by atoms with Gasteiger partial charge in [-0.1, -0.05) is 0 Å². The Kier molecular flexibility index (Phi) is 3.08. The van der Waals surface area contributed by atoms with E-state index in [0.717, 1.165) is 5.69 Å². The van der Waals surface area contributed by atoms with E-state index in [1.165, 1.54) is 0 Å². The van der Waals surface area contributed by atoms with Gasteiger partial charge in [0.25, 0.3) is 0 Å². The Morgan fingerprint density at radius 1 is 1.41 bits per heavy atom. The van der Waals surface area contributed by atoms with Gasteiger partial charge >= 0.3 is 5.97 Å². The third-order valence-electron chi connectivity index (χ3n) is 2.86. The number of carboxylic acid groups (broad SMARTS) is 1. The summed E-state index contributed by atoms with van der Waals surface area (Å²) in [7, 11) is 3.16. The SMILES string of the molecule is COc1ccc(OC)c(NC2CC2C(=O)O)c1. The highest BCUT2D eigenvalue weighted by Crippen LogP contribution is 2.37. The summed E-state index contributed by atoms with van der Waals surface area (Å²) in [4.78, 5) is 10.7. The molecule has 0 radical (unpaired) electrons. The first-order valence-corrected chi connectivity index (χ1v) is 5.37. The Morgan fingerprint density at radius 3 is 2.71 bits per heavy atom. The molecular weight excluding hydrogens is 222 g/mol. The molecule has 1 saturated carbocycles. The summed E-state index contributed by atoms with van der Waals surface area (Å²) < 4.78 is 10.3. The number of carbonyl (C=O) groups is 1. The van der Waals surface area contributed by atoms with E-state index in [1.54, 1.807) is 32.4 Å². The van der Waals surface area contributed by atoms with E-state index >= 15 is 0 Å². The van der Waals surface area contributed by atoms with E-state index in [-0.39, 0.29) is 12.0 Å². The normalized spacial score (nSPS) is 21.8. The fourth-order valence-electron chi connectivity index (χ4n) is 1.75. The first-order chi connectivity index (χ1) is 8.15. The number of anilines is 1. The number of carboxylic acids is 1. The third kappa shape index (κ3) is 2.43. The smallest absolute Gasteiger partial charge is 0.308 e. The molecule has 5 nitrogen and oxygen atoms in total. The highest BCUT2D eigenvalue weighted by Gasteiger charge is 2.43. The molecule has 0 amide bonds. The van der Waals surface area contributed by atoms with Crippen LogP contribution in [0.15, 0.2) is 18.2 Å². The third-order valence-corrected chi connectivity index (χ3v) is 2.86. The number of aliphatic carboxylic acids is 1. The van der Waals surface area contributed by atoms with Gasteiger partial charge in [-0.05, 0) is 18.6 Å². The average molecular weight is 237 g/mol. The quantitative estimate of drug-likeness (QED) is 0.814. The Morgan fingerprint density at radius 2 is 2.18 bits per heavy atom. The fourth-order valence-corrected chi connectivity index (χ4v) is 1.75. The van der Waals surface area contributed by atoms with Crippen molar-refractivity contribution in [2.75, 3.05) is 19.5 Å². The molecule has 2 unspecified atom stereocenters. The molecule has 1 aliphatic rings. The summed E-state index contributed by atoms with van der Waals surface area (Å²) in [5, 5.41) is 12.0. The summed E-state index contributed by atoms with van der Waals surface area (Å²) in [6, 6.07) is 5.37. The van der Waals surface area contributed by atoms with Crippen LogP contribution in [0.5, 0.6) is 11.5 Å². The largest absolute Gasteiger partial charge is 0.497 e. The summed E-state index contributed by atoms with van der Waals surface area (Å²) >= 11 is 0. The Bertz CT molecular complexity index is 433. The predicted molar refractivity (Wildman–Crippen MR) is 62.7 cm³/mol. The monoisotopic (exact) mass is 237 g/mol. The molecule has 2 atom stereocenters. The second-order valence-corrected chi connectivity index (χ2v) is 4.00. The van der Waals surface area contributed by atoms with Gasteiger partial charge in [0.15, 0.2) is 0 Å². The zero-order valence-electron chi connectivity index (χ0n) is 9.77. The number of rotatable bonds is 5. The van der Waals surface area contributed by atoms with Crippen molar-refractivity contribution in [3.05, 3.63) is 18.2 Å². The molecular formula is C12H15NO4. The van der Waals surface area contributed by atoms with Crippen molar-refractivity contribution >= 4 is 11.7 Å². The van der Waals surface area contributed by atoms with E-state index < -0.39 is 5.97 Å². The van der Waals surface area contributed by atoms with Gasteiger partial charge in [0, 0.05) is 12.1 Å². The van der Waals surface area contributed by atoms with Crippen LogP contribution in [0.1, 0.15) is 6.42 Å². The number of ether oxygens (including phenoxy) is 2. The summed E-state index contributed by atoms with van der Waals surface area (Å²) in [6.45, 7) is 0. The van der Waals surface area contributed by atoms with Gasteiger partial charge in [0.1, 0.15) is 11.5 Å². The van der Waals surface area contributed by atoms with Crippen LogP contribution in [0.2, 0.25) is 0 Å². The zero-order chi connectivity index (χ0) is 12.4. The molecule has 1 aromatic rings. The van der Waals surface area contributed by atoms with Crippen molar-refractivity contribution in [2.24, 2.45) is 5.92 Å². The first-order valence-electron chi connectivity index (χ1n) is 5.37. The second-order valence-electron chi connectivity index (χ2n) is 4.00. The molecule has 2 N–H and O–H groups in total. The molecule has 5 heteroatoms. The van der Waals surface area contributed by atoms with Gasteiger partial charge in [-0.15, -0.1) is 0 Å². The predicted octanol–water partition coefficient (Wildman–Crippen LogP) is 1.59. The first kappa shape index (κ1) is 11.6. The van der Waals surface area contributed by atoms with E-state index in [1.807, 2.05) is 0 Å². The van der Waals surface area contributed by atoms with Crippen LogP contribution in [0, 0.1) is 5.92 Å². The van der Waals surface area contributed by atoms with Crippen LogP contribution in [-0.4, -0.2) is 31.3 Å². The minimum absolute atomic E-state index is 0.0199. The zero-order valence-corrected chi connectivity index (χ0v) is 9.77. The van der Waals surface area contributed by atoms with Crippen molar-refractivity contribution in [3.63, 3.8) is 0 Å². The second kappa shape index (κ2) is 4.53. The van der Waals surface area contributed by atoms with E-state index in [4.69, 9.17) is 14.6 Å². The molecule has 1 fully saturated rings. The molecule has 2 rings (SSSR count). The number of hydrogen-bond acceptors (Lipinski definition) is 4. The summed E-state index contributed by atoms with van der Waals surface area (Å²) in [5.74, 6) is 0.331. The lowest BCUT2D eigenvalue weighted by atomic mass is 10.2. The topological polar surface area (TPSA) is 67.8 Å². The molecule has 0 heterocycles. The summed E-state index contributed by atoms with van der Waals surface area (Å²) in [6.07, 6.45) is 0.649. The summed E-state index contributed by atoms with van der Waals surface area (Å²) in [5.41, 5.74) is 0.764. The Hall–Kier alpha value is -1.91. The van der Waals surface area contributed by atoms with E-state index in [9.17, 15) is 4.79 Å². The van der Waals surface area contributed by atoms with Crippen molar-refractivity contribution in [1.82, 2.24) is 0 Å². The van der Waals surface area contributed by atoms with Crippen LogP contribution in [-0.2, 0) is 4.79 Å². The van der Waals surface area contributed by atoms with Crippen molar-refractivity contribution < 1.29 is 19.4 Å². The minimum Gasteiger partial charge on any atom is -0.497 e. The number of hydrogen-bond donors (Lipinski definition) is 2. The van der Waals surface area contributed by atoms with Crippen LogP contribution < -0.4 is 14.8 Å². The average Bonchev–Trinajstić information content (AvgIpc) is 3.08. The van der Waals surface area contributed by atoms with Gasteiger partial charge in [0.05, 0.1) is 25.8 Å². The van der Waals surface area contributed by atoms with Gasteiger partial charge in [0.2, 0.25) is 0 Å². The molecule has 0 bridgehead atoms. The number of nitrogens with one attached hydrogen (secondary N) is 1. The van der Waals surface area contributed by atoms with Gasteiger partial charge in [-0.3, -0.25) is 4.79 Å². The molecule has 92 valence electrons. The lowest BCUT2D eigenvalue weighted by Gasteiger charge is -2.12. The van der Waals surface area contributed by atoms with E-state index in [0.29, 0.717) is 17.9 Å². The highest BCUT2D eigenvalue weighted by molar-refractivity contribution is 5.76. The van der Waals surface area contributed by atoms with Gasteiger partial charge in [-0.2, -0.15) is 0 Å². The lowest BCUT2D eigenvalue weighted by Crippen LogP contribution is -2.10. The maximum absolute atomic E-state index is 10.7. The number of benzene rings is 1. The minimum atomic E-state index is -0.760. The molecule has 0 aliphatic heterocycles. The molecule has 1 aliphatic carbocycles. The Labute approximate surface area is 99.3 Å². The van der Waals surface area contributed by atoms with Gasteiger partial charge < -0.3 is 19.9 Å². The lowest BCUT2D eigenvalue weighted by molar-refractivity contribution is -0.138. The molecule has 1 aromatic carbocycles. The van der Waals surface area contributed by atoms with Crippen LogP contribution in [0.3, 0.4) is 0 Å². The fraction of sp³-hybridized carbons (Fsp3) is 0.417. The molecule has 0 spiro atoms. The number of methoxy groups -OCH3 is 2. The highest BCUT2D eigenvalue weighted by atomic mass is 16.5. The molecule has 0 aromatic heterocycles. The standard InChI is InChI=1S/C12H15NO4/c1-16-7-3-4-11(17-2)10(5-7)13-9-6-8(9)12(14)15/h3-5,8-9,13H,6H2,1-2H3,(H,14,15).